The van der Waals surface area contributed by atoms with Crippen LogP contribution in [0.1, 0.15) is 373 Å². The Morgan fingerprint density at radius 2 is 0.625 bits per heavy atom. The second-order valence-electron chi connectivity index (χ2n) is 24.2. The first-order valence-corrected chi connectivity index (χ1v) is 35.6. The monoisotopic (exact) mass is 1120 g/mol. The molecule has 0 aromatic heterocycles. The molecular weight excluding hydrogens is 983 g/mol. The van der Waals surface area contributed by atoms with E-state index >= 15 is 0 Å². The van der Waals surface area contributed by atoms with Crippen molar-refractivity contribution in [1.82, 2.24) is 5.32 Å². The fourth-order valence-electron chi connectivity index (χ4n) is 10.8. The van der Waals surface area contributed by atoms with Gasteiger partial charge in [-0.1, -0.05) is 325 Å². The number of nitrogens with one attached hydrogen (secondary N) is 1. The summed E-state index contributed by atoms with van der Waals surface area (Å²) in [5.41, 5.74) is 0. The Labute approximate surface area is 499 Å². The Hall–Kier alpha value is -2.44. The number of esters is 1. The van der Waals surface area contributed by atoms with E-state index in [1.807, 2.05) is 6.08 Å². The topological polar surface area (TPSA) is 95.9 Å². The van der Waals surface area contributed by atoms with E-state index in [1.54, 1.807) is 6.08 Å². The summed E-state index contributed by atoms with van der Waals surface area (Å²) in [4.78, 5) is 24.5. The molecule has 468 valence electrons. The Kier molecular flexibility index (Phi) is 66.9. The molecule has 0 rings (SSSR count). The molecular formula is C74H137NO5. The molecule has 0 aliphatic carbocycles. The van der Waals surface area contributed by atoms with Crippen molar-refractivity contribution < 1.29 is 24.5 Å². The number of ether oxygens (including phenoxy) is 1. The molecule has 0 aromatic rings. The standard InChI is InChI=1S/C74H137NO5/c1-3-5-7-9-11-13-15-17-18-41-44-48-52-56-60-64-68-74(79)80-69-65-61-57-53-49-45-42-39-37-35-33-31-29-27-25-23-21-19-20-22-24-26-28-30-32-34-36-38-40-43-47-51-55-59-63-67-73(78)75-71(70-76)72(77)66-62-58-54-50-46-16-14-12-10-8-6-4-2/h13,15,18,21,23,27,29,41,62,66,71-72,76-77H,3-12,14,16-17,19-20,22,24-26,28,30-40,42-61,63-65,67-70H2,1-2H3,(H,75,78)/b15-13-,23-21-,29-27-,41-18-,66-62+. The third kappa shape index (κ3) is 64.7. The van der Waals surface area contributed by atoms with Crippen LogP contribution in [0.15, 0.2) is 60.8 Å². The van der Waals surface area contributed by atoms with Gasteiger partial charge in [0.05, 0.1) is 25.4 Å². The number of rotatable bonds is 66. The summed E-state index contributed by atoms with van der Waals surface area (Å²) in [6, 6.07) is -0.626. The first-order valence-electron chi connectivity index (χ1n) is 35.6. The van der Waals surface area contributed by atoms with E-state index in [0.29, 0.717) is 19.4 Å². The molecule has 0 fully saturated rings. The predicted molar refractivity (Wildman–Crippen MR) is 352 cm³/mol. The molecule has 2 atom stereocenters. The van der Waals surface area contributed by atoms with Crippen LogP contribution in [0.3, 0.4) is 0 Å². The summed E-state index contributed by atoms with van der Waals surface area (Å²) in [7, 11) is 0. The number of hydrogen-bond acceptors (Lipinski definition) is 5. The number of carbonyl (C=O) groups is 2. The Morgan fingerprint density at radius 3 is 0.963 bits per heavy atom. The van der Waals surface area contributed by atoms with Crippen molar-refractivity contribution >= 4 is 11.9 Å². The quantitative estimate of drug-likeness (QED) is 0.0320. The molecule has 6 heteroatoms. The molecule has 0 spiro atoms. The SMILES string of the molecule is CCCCCC/C=C\C/C=C\CCCCCCCC(=O)OCCCCCCCCCCCCC/C=C\C/C=C\CCCCCCCCCCCCCCCCCCCC(=O)NC(CO)C(O)/C=C/CCCCCCCCCCCC. The Bertz CT molecular complexity index is 1380. The average Bonchev–Trinajstić information content (AvgIpc) is 3.46. The van der Waals surface area contributed by atoms with Crippen molar-refractivity contribution in [1.29, 1.82) is 0 Å². The third-order valence-corrected chi connectivity index (χ3v) is 16.3. The number of aliphatic hydroxyl groups excluding tert-OH is 2. The first-order chi connectivity index (χ1) is 39.5. The van der Waals surface area contributed by atoms with Gasteiger partial charge in [-0.25, -0.2) is 0 Å². The van der Waals surface area contributed by atoms with Crippen molar-refractivity contribution in [3.05, 3.63) is 60.8 Å². The summed E-state index contributed by atoms with van der Waals surface area (Å²) in [5, 5.41) is 23.1. The van der Waals surface area contributed by atoms with Crippen LogP contribution < -0.4 is 5.32 Å². The molecule has 0 radical (unpaired) electrons. The minimum absolute atomic E-state index is 0.00283. The number of allylic oxidation sites excluding steroid dienone is 9. The van der Waals surface area contributed by atoms with Gasteiger partial charge in [0.1, 0.15) is 0 Å². The van der Waals surface area contributed by atoms with E-state index in [2.05, 4.69) is 67.8 Å². The van der Waals surface area contributed by atoms with Gasteiger partial charge in [0.2, 0.25) is 5.91 Å². The van der Waals surface area contributed by atoms with Gasteiger partial charge >= 0.3 is 5.97 Å². The van der Waals surface area contributed by atoms with Crippen LogP contribution in [0.25, 0.3) is 0 Å². The molecule has 80 heavy (non-hydrogen) atoms. The van der Waals surface area contributed by atoms with Crippen molar-refractivity contribution in [2.24, 2.45) is 0 Å². The summed E-state index contributed by atoms with van der Waals surface area (Å²) >= 11 is 0. The van der Waals surface area contributed by atoms with Gasteiger partial charge in [-0.05, 0) is 96.3 Å². The third-order valence-electron chi connectivity index (χ3n) is 16.3. The summed E-state index contributed by atoms with van der Waals surface area (Å²) in [5.74, 6) is -0.0628. The molecule has 1 amide bonds. The van der Waals surface area contributed by atoms with E-state index in [0.717, 1.165) is 57.8 Å². The molecule has 2 unspecified atom stereocenters. The van der Waals surface area contributed by atoms with Crippen LogP contribution in [0.5, 0.6) is 0 Å². The molecule has 3 N–H and O–H groups in total. The first kappa shape index (κ1) is 77.6. The zero-order valence-electron chi connectivity index (χ0n) is 53.6. The number of amides is 1. The fraction of sp³-hybridized carbons (Fsp3) is 0.838. The van der Waals surface area contributed by atoms with Crippen molar-refractivity contribution in [3.8, 4) is 0 Å². The lowest BCUT2D eigenvalue weighted by Gasteiger charge is -2.20. The smallest absolute Gasteiger partial charge is 0.305 e. The zero-order valence-corrected chi connectivity index (χ0v) is 53.6. The van der Waals surface area contributed by atoms with E-state index in [1.165, 1.54) is 289 Å². The lowest BCUT2D eigenvalue weighted by atomic mass is 10.0. The number of aliphatic hydroxyl groups is 2. The van der Waals surface area contributed by atoms with E-state index < -0.39 is 12.1 Å². The average molecular weight is 1120 g/mol. The maximum absolute atomic E-state index is 12.5. The second kappa shape index (κ2) is 69.1. The molecule has 0 saturated carbocycles. The van der Waals surface area contributed by atoms with Crippen LogP contribution in [0, 0.1) is 0 Å². The van der Waals surface area contributed by atoms with Gasteiger partial charge in [-0.15, -0.1) is 0 Å². The summed E-state index contributed by atoms with van der Waals surface area (Å²) in [6.45, 7) is 4.89. The van der Waals surface area contributed by atoms with Gasteiger partial charge in [0.15, 0.2) is 0 Å². The van der Waals surface area contributed by atoms with Gasteiger partial charge in [-0.2, -0.15) is 0 Å². The van der Waals surface area contributed by atoms with Crippen molar-refractivity contribution in [2.75, 3.05) is 13.2 Å². The van der Waals surface area contributed by atoms with Crippen LogP contribution in [-0.2, 0) is 14.3 Å². The highest BCUT2D eigenvalue weighted by Gasteiger charge is 2.18. The highest BCUT2D eigenvalue weighted by molar-refractivity contribution is 5.76. The molecule has 0 aliphatic rings. The lowest BCUT2D eigenvalue weighted by molar-refractivity contribution is -0.143. The normalized spacial score (nSPS) is 12.9. The van der Waals surface area contributed by atoms with Gasteiger partial charge < -0.3 is 20.3 Å². The minimum atomic E-state index is -0.842. The van der Waals surface area contributed by atoms with Crippen LogP contribution >= 0.6 is 0 Å². The largest absolute Gasteiger partial charge is 0.466 e. The maximum atomic E-state index is 12.5. The van der Waals surface area contributed by atoms with E-state index in [4.69, 9.17) is 4.74 Å². The molecule has 0 aromatic carbocycles. The summed E-state index contributed by atoms with van der Waals surface area (Å²) < 4.78 is 5.49. The molecule has 0 aliphatic heterocycles. The predicted octanol–water partition coefficient (Wildman–Crippen LogP) is 23.0. The molecule has 0 saturated heterocycles. The minimum Gasteiger partial charge on any atom is -0.466 e. The summed E-state index contributed by atoms with van der Waals surface area (Å²) in [6.07, 6.45) is 91.7. The maximum Gasteiger partial charge on any atom is 0.305 e. The number of hydrogen-bond donors (Lipinski definition) is 3. The van der Waals surface area contributed by atoms with Crippen molar-refractivity contribution in [2.45, 2.75) is 386 Å². The molecule has 6 nitrogen and oxygen atoms in total. The zero-order chi connectivity index (χ0) is 57.8. The Balaban J connectivity index is 3.38. The highest BCUT2D eigenvalue weighted by atomic mass is 16.5. The van der Waals surface area contributed by atoms with Crippen LogP contribution in [0.2, 0.25) is 0 Å². The van der Waals surface area contributed by atoms with E-state index in [9.17, 15) is 19.8 Å². The van der Waals surface area contributed by atoms with Gasteiger partial charge in [-0.3, -0.25) is 9.59 Å². The molecule has 0 heterocycles. The van der Waals surface area contributed by atoms with Crippen molar-refractivity contribution in [3.63, 3.8) is 0 Å². The molecule has 0 bridgehead atoms. The lowest BCUT2D eigenvalue weighted by Crippen LogP contribution is -2.45. The van der Waals surface area contributed by atoms with Crippen LogP contribution in [0.4, 0.5) is 0 Å². The van der Waals surface area contributed by atoms with Gasteiger partial charge in [0, 0.05) is 12.8 Å². The highest BCUT2D eigenvalue weighted by Crippen LogP contribution is 2.18. The Morgan fingerprint density at radius 1 is 0.350 bits per heavy atom. The number of unbranched alkanes of at least 4 members (excludes halogenated alkanes) is 47. The fourth-order valence-corrected chi connectivity index (χ4v) is 10.8. The van der Waals surface area contributed by atoms with Crippen LogP contribution in [-0.4, -0.2) is 47.4 Å². The second-order valence-corrected chi connectivity index (χ2v) is 24.2. The van der Waals surface area contributed by atoms with Gasteiger partial charge in [0.25, 0.3) is 0 Å². The number of carbonyl (C=O) groups excluding carboxylic acids is 2. The van der Waals surface area contributed by atoms with E-state index in [-0.39, 0.29) is 18.5 Å².